The van der Waals surface area contributed by atoms with Gasteiger partial charge in [0.15, 0.2) is 0 Å². The van der Waals surface area contributed by atoms with Crippen LogP contribution in [-0.4, -0.2) is 40.6 Å². The molecule has 0 aromatic heterocycles. The van der Waals surface area contributed by atoms with Crippen molar-refractivity contribution in [2.24, 2.45) is 0 Å². The summed E-state index contributed by atoms with van der Waals surface area (Å²) in [7, 11) is 3.46. The van der Waals surface area contributed by atoms with Crippen LogP contribution in [0.1, 0.15) is 12.0 Å². The Bertz CT molecular complexity index is 361. The van der Waals surface area contributed by atoms with Crippen molar-refractivity contribution in [2.45, 2.75) is 13.0 Å². The molecule has 1 aromatic rings. The van der Waals surface area contributed by atoms with Crippen molar-refractivity contribution in [3.63, 3.8) is 0 Å². The number of benzene rings is 1. The largest absolute Gasteiger partial charge is 0.493 e. The first kappa shape index (κ1) is 15.9. The summed E-state index contributed by atoms with van der Waals surface area (Å²) in [6.45, 7) is 2.92. The molecular formula is C14H22FNO3. The molecule has 1 rings (SSSR count). The van der Waals surface area contributed by atoms with Gasteiger partial charge < -0.3 is 19.5 Å². The zero-order valence-electron chi connectivity index (χ0n) is 11.6. The number of rotatable bonds is 10. The monoisotopic (exact) mass is 271 g/mol. The first-order chi connectivity index (χ1) is 9.26. The summed E-state index contributed by atoms with van der Waals surface area (Å²) in [4.78, 5) is 0. The lowest BCUT2D eigenvalue weighted by molar-refractivity contribution is 0.0644. The van der Waals surface area contributed by atoms with Crippen LogP contribution in [0.5, 0.6) is 5.75 Å². The Morgan fingerprint density at radius 1 is 1.11 bits per heavy atom. The smallest absolute Gasteiger partial charge is 0.127 e. The third-order valence-corrected chi connectivity index (χ3v) is 2.45. The standard InChI is InChI=1S/C14H22FNO3/c1-16-11-12-8-13(15)10-14(9-12)19-5-3-4-18-7-6-17-2/h8-10,16H,3-7,11H2,1-2H3. The molecule has 0 amide bonds. The van der Waals surface area contributed by atoms with E-state index in [9.17, 15) is 4.39 Å². The van der Waals surface area contributed by atoms with E-state index in [4.69, 9.17) is 14.2 Å². The highest BCUT2D eigenvalue weighted by Crippen LogP contribution is 2.16. The van der Waals surface area contributed by atoms with Crippen molar-refractivity contribution in [1.82, 2.24) is 5.32 Å². The molecule has 0 bridgehead atoms. The fourth-order valence-electron chi connectivity index (χ4n) is 1.61. The van der Waals surface area contributed by atoms with E-state index in [1.54, 1.807) is 7.11 Å². The summed E-state index contributed by atoms with van der Waals surface area (Å²) in [6.07, 6.45) is 0.765. The van der Waals surface area contributed by atoms with Gasteiger partial charge in [-0.2, -0.15) is 0 Å². The molecule has 0 atom stereocenters. The van der Waals surface area contributed by atoms with E-state index in [0.29, 0.717) is 38.7 Å². The van der Waals surface area contributed by atoms with Gasteiger partial charge >= 0.3 is 0 Å². The van der Waals surface area contributed by atoms with Crippen LogP contribution in [0.25, 0.3) is 0 Å². The highest BCUT2D eigenvalue weighted by atomic mass is 19.1. The van der Waals surface area contributed by atoms with Gasteiger partial charge in [-0.25, -0.2) is 4.39 Å². The Balaban J connectivity index is 2.25. The van der Waals surface area contributed by atoms with Gasteiger partial charge in [0, 0.05) is 32.7 Å². The summed E-state index contributed by atoms with van der Waals surface area (Å²) in [6, 6.07) is 4.73. The van der Waals surface area contributed by atoms with Crippen LogP contribution in [0, 0.1) is 5.82 Å². The minimum absolute atomic E-state index is 0.279. The van der Waals surface area contributed by atoms with Gasteiger partial charge in [0.25, 0.3) is 0 Å². The van der Waals surface area contributed by atoms with Crippen molar-refractivity contribution in [3.8, 4) is 5.75 Å². The number of halogens is 1. The van der Waals surface area contributed by atoms with Crippen molar-refractivity contribution in [3.05, 3.63) is 29.6 Å². The Kier molecular flexibility index (Phi) is 8.13. The molecule has 4 nitrogen and oxygen atoms in total. The summed E-state index contributed by atoms with van der Waals surface area (Å²) in [5, 5.41) is 2.98. The molecule has 0 unspecified atom stereocenters. The fraction of sp³-hybridized carbons (Fsp3) is 0.571. The molecule has 0 saturated heterocycles. The number of methoxy groups -OCH3 is 1. The quantitative estimate of drug-likeness (QED) is 0.661. The lowest BCUT2D eigenvalue weighted by Gasteiger charge is -2.09. The molecule has 5 heteroatoms. The molecule has 1 aromatic carbocycles. The molecule has 0 aliphatic carbocycles. The number of hydrogen-bond donors (Lipinski definition) is 1. The Hall–Kier alpha value is -1.17. The molecule has 1 N–H and O–H groups in total. The normalized spacial score (nSPS) is 10.7. The second kappa shape index (κ2) is 9.72. The van der Waals surface area contributed by atoms with Crippen LogP contribution in [0.4, 0.5) is 4.39 Å². The molecule has 19 heavy (non-hydrogen) atoms. The molecular weight excluding hydrogens is 249 g/mol. The Morgan fingerprint density at radius 2 is 1.95 bits per heavy atom. The van der Waals surface area contributed by atoms with Gasteiger partial charge in [0.05, 0.1) is 19.8 Å². The summed E-state index contributed by atoms with van der Waals surface area (Å²) in [5.74, 6) is 0.279. The molecule has 0 heterocycles. The highest BCUT2D eigenvalue weighted by Gasteiger charge is 2.01. The number of nitrogens with one attached hydrogen (secondary N) is 1. The second-order valence-electron chi connectivity index (χ2n) is 4.13. The van der Waals surface area contributed by atoms with Crippen LogP contribution in [-0.2, 0) is 16.0 Å². The van der Waals surface area contributed by atoms with Crippen LogP contribution in [0.2, 0.25) is 0 Å². The minimum atomic E-state index is -0.279. The van der Waals surface area contributed by atoms with E-state index in [-0.39, 0.29) is 5.82 Å². The predicted octanol–water partition coefficient (Wildman–Crippen LogP) is 1.98. The van der Waals surface area contributed by atoms with E-state index >= 15 is 0 Å². The van der Waals surface area contributed by atoms with Gasteiger partial charge in [0.1, 0.15) is 11.6 Å². The lowest BCUT2D eigenvalue weighted by atomic mass is 10.2. The van der Waals surface area contributed by atoms with E-state index in [0.717, 1.165) is 12.0 Å². The minimum Gasteiger partial charge on any atom is -0.493 e. The first-order valence-electron chi connectivity index (χ1n) is 6.40. The third-order valence-electron chi connectivity index (χ3n) is 2.45. The number of ether oxygens (including phenoxy) is 3. The van der Waals surface area contributed by atoms with E-state index in [1.807, 2.05) is 13.1 Å². The summed E-state index contributed by atoms with van der Waals surface area (Å²) in [5.41, 5.74) is 0.869. The van der Waals surface area contributed by atoms with Crippen LogP contribution >= 0.6 is 0 Å². The van der Waals surface area contributed by atoms with Gasteiger partial charge in [-0.05, 0) is 24.7 Å². The maximum absolute atomic E-state index is 13.3. The van der Waals surface area contributed by atoms with Gasteiger partial charge in [-0.1, -0.05) is 0 Å². The third kappa shape index (κ3) is 7.10. The lowest BCUT2D eigenvalue weighted by Crippen LogP contribution is -2.08. The van der Waals surface area contributed by atoms with Gasteiger partial charge in [0.2, 0.25) is 0 Å². The highest BCUT2D eigenvalue weighted by molar-refractivity contribution is 5.29. The average molecular weight is 271 g/mol. The Morgan fingerprint density at radius 3 is 2.68 bits per heavy atom. The predicted molar refractivity (Wildman–Crippen MR) is 72.0 cm³/mol. The maximum atomic E-state index is 13.3. The summed E-state index contributed by atoms with van der Waals surface area (Å²) >= 11 is 0. The first-order valence-corrected chi connectivity index (χ1v) is 6.40. The van der Waals surface area contributed by atoms with Crippen molar-refractivity contribution < 1.29 is 18.6 Å². The zero-order chi connectivity index (χ0) is 13.9. The molecule has 0 aliphatic rings. The molecule has 0 fully saturated rings. The van der Waals surface area contributed by atoms with E-state index < -0.39 is 0 Å². The Labute approximate surface area is 113 Å². The van der Waals surface area contributed by atoms with Crippen LogP contribution in [0.15, 0.2) is 18.2 Å². The van der Waals surface area contributed by atoms with Crippen molar-refractivity contribution in [1.29, 1.82) is 0 Å². The molecule has 0 saturated carbocycles. The number of hydrogen-bond acceptors (Lipinski definition) is 4. The van der Waals surface area contributed by atoms with Gasteiger partial charge in [-0.3, -0.25) is 0 Å². The molecule has 108 valence electrons. The molecule has 0 aliphatic heterocycles. The maximum Gasteiger partial charge on any atom is 0.127 e. The SMILES string of the molecule is CNCc1cc(F)cc(OCCCOCCOC)c1. The molecule has 0 spiro atoms. The zero-order valence-corrected chi connectivity index (χ0v) is 11.6. The van der Waals surface area contributed by atoms with Crippen molar-refractivity contribution in [2.75, 3.05) is 40.6 Å². The van der Waals surface area contributed by atoms with E-state index in [2.05, 4.69) is 5.32 Å². The van der Waals surface area contributed by atoms with Crippen molar-refractivity contribution >= 4 is 0 Å². The fourth-order valence-corrected chi connectivity index (χ4v) is 1.61. The van der Waals surface area contributed by atoms with E-state index in [1.165, 1.54) is 12.1 Å². The second-order valence-corrected chi connectivity index (χ2v) is 4.13. The van der Waals surface area contributed by atoms with Gasteiger partial charge in [-0.15, -0.1) is 0 Å². The summed E-state index contributed by atoms with van der Waals surface area (Å²) < 4.78 is 29.0. The molecule has 0 radical (unpaired) electrons. The van der Waals surface area contributed by atoms with Crippen LogP contribution < -0.4 is 10.1 Å². The van der Waals surface area contributed by atoms with Crippen LogP contribution in [0.3, 0.4) is 0 Å². The topological polar surface area (TPSA) is 39.7 Å². The average Bonchev–Trinajstić information content (AvgIpc) is 2.37.